The van der Waals surface area contributed by atoms with Crippen LogP contribution in [0.15, 0.2) is 12.1 Å². The molecule has 1 aromatic carbocycles. The van der Waals surface area contributed by atoms with Crippen molar-refractivity contribution in [3.05, 3.63) is 39.0 Å². The fraction of sp³-hybridized carbons (Fsp3) is 0.400. The van der Waals surface area contributed by atoms with E-state index in [9.17, 15) is 4.79 Å². The van der Waals surface area contributed by atoms with Gasteiger partial charge in [0.1, 0.15) is 6.10 Å². The minimum atomic E-state index is -0.529. The van der Waals surface area contributed by atoms with Crippen molar-refractivity contribution in [1.29, 1.82) is 0 Å². The Morgan fingerprint density at radius 3 is 2.50 bits per heavy atom. The number of hydrogen-bond acceptors (Lipinski definition) is 5. The molecule has 1 unspecified atom stereocenters. The molecule has 1 aliphatic rings. The average Bonchev–Trinajstić information content (AvgIpc) is 3.11. The number of ether oxygens (including phenoxy) is 2. The summed E-state index contributed by atoms with van der Waals surface area (Å²) >= 11 is 12.2. The first-order valence-corrected chi connectivity index (χ1v) is 9.67. The first kappa shape index (κ1) is 17.5. The second-order valence-electron chi connectivity index (χ2n) is 5.28. The highest BCUT2D eigenvalue weighted by Gasteiger charge is 2.29. The van der Waals surface area contributed by atoms with Gasteiger partial charge in [0.2, 0.25) is 5.69 Å². The molecule has 1 aromatic heterocycles. The molecule has 1 atom stereocenters. The van der Waals surface area contributed by atoms with E-state index in [0.717, 1.165) is 11.1 Å². The first-order valence-electron chi connectivity index (χ1n) is 7.47. The Kier molecular flexibility index (Phi) is 5.28. The molecule has 0 radical (unpaired) electrons. The molecule has 0 amide bonds. The highest BCUT2D eigenvalue weighted by Crippen LogP contribution is 2.34. The van der Waals surface area contributed by atoms with Gasteiger partial charge in [-0.2, -0.15) is 4.45 Å². The zero-order chi connectivity index (χ0) is 17.3. The van der Waals surface area contributed by atoms with Gasteiger partial charge in [0.25, 0.3) is 5.88 Å². The molecule has 0 N–H and O–H groups in total. The van der Waals surface area contributed by atoms with Crippen LogP contribution in [-0.2, 0) is 17.6 Å². The molecule has 0 spiro atoms. The van der Waals surface area contributed by atoms with Crippen molar-refractivity contribution < 1.29 is 14.3 Å². The largest absolute Gasteiger partial charge is 0.472 e. The number of aromatic nitrogens is 3. The van der Waals surface area contributed by atoms with Crippen molar-refractivity contribution in [3.63, 3.8) is 0 Å². The lowest BCUT2D eigenvalue weighted by Gasteiger charge is -2.14. The maximum atomic E-state index is 12.0. The molecule has 0 bridgehead atoms. The summed E-state index contributed by atoms with van der Waals surface area (Å²) in [4.78, 5) is 12.0. The highest BCUT2D eigenvalue weighted by atomic mass is 35.5. The van der Waals surface area contributed by atoms with Crippen LogP contribution in [0.4, 0.5) is 0 Å². The summed E-state index contributed by atoms with van der Waals surface area (Å²) in [5.41, 5.74) is 2.31. The summed E-state index contributed by atoms with van der Waals surface area (Å²) in [7, 11) is 0.290. The maximum Gasteiger partial charge on any atom is 0.364 e. The van der Waals surface area contributed by atoms with Crippen LogP contribution in [0.1, 0.15) is 28.5 Å². The molecule has 0 saturated carbocycles. The van der Waals surface area contributed by atoms with Gasteiger partial charge in [-0.05, 0) is 36.8 Å². The second kappa shape index (κ2) is 7.26. The minimum absolute atomic E-state index is 0.109. The predicted molar refractivity (Wildman–Crippen MR) is 93.9 cm³/mol. The molecule has 6 nitrogen and oxygen atoms in total. The van der Waals surface area contributed by atoms with Gasteiger partial charge in [0.15, 0.2) is 0 Å². The van der Waals surface area contributed by atoms with Gasteiger partial charge in [-0.25, -0.2) is 4.79 Å². The van der Waals surface area contributed by atoms with Crippen LogP contribution in [0.2, 0.25) is 10.0 Å². The zero-order valence-corrected chi connectivity index (χ0v) is 15.7. The summed E-state index contributed by atoms with van der Waals surface area (Å²) < 4.78 is 12.7. The van der Waals surface area contributed by atoms with E-state index in [0.29, 0.717) is 37.5 Å². The van der Waals surface area contributed by atoms with E-state index in [-0.39, 0.29) is 18.4 Å². The summed E-state index contributed by atoms with van der Waals surface area (Å²) in [5, 5.41) is 8.94. The van der Waals surface area contributed by atoms with Gasteiger partial charge >= 0.3 is 5.97 Å². The molecule has 9 heteroatoms. The molecule has 2 aromatic rings. The molecule has 0 saturated heterocycles. The number of rotatable bonds is 5. The Morgan fingerprint density at radius 1 is 1.33 bits per heavy atom. The molecular weight excluding hydrogens is 372 g/mol. The SMILES string of the molecule is CCOC(=O)c1nnn(PC)c1OC1Cc2cc(Cl)c(Cl)cc2C1. The van der Waals surface area contributed by atoms with Gasteiger partial charge in [-0.3, -0.25) is 0 Å². The van der Waals surface area contributed by atoms with Crippen molar-refractivity contribution in [2.45, 2.75) is 25.9 Å². The quantitative estimate of drug-likeness (QED) is 0.581. The predicted octanol–water partition coefficient (Wildman–Crippen LogP) is 3.38. The summed E-state index contributed by atoms with van der Waals surface area (Å²) in [5.74, 6) is -0.178. The standard InChI is InChI=1S/C15H16Cl2N3O3P/c1-3-22-15(21)13-14(20(24-2)19-18-13)23-10-4-8-6-11(16)12(17)7-9(8)5-10/h6-7,10,24H,3-5H2,1-2H3. The monoisotopic (exact) mass is 387 g/mol. The number of fused-ring (bicyclic) bond motifs is 1. The van der Waals surface area contributed by atoms with Crippen LogP contribution in [-0.4, -0.2) is 40.1 Å². The van der Waals surface area contributed by atoms with E-state index in [1.165, 1.54) is 0 Å². The lowest BCUT2D eigenvalue weighted by molar-refractivity contribution is 0.0511. The molecule has 128 valence electrons. The molecule has 1 aliphatic carbocycles. The van der Waals surface area contributed by atoms with E-state index in [1.807, 2.05) is 18.8 Å². The van der Waals surface area contributed by atoms with Crippen molar-refractivity contribution in [2.75, 3.05) is 13.3 Å². The van der Waals surface area contributed by atoms with Gasteiger partial charge < -0.3 is 9.47 Å². The van der Waals surface area contributed by atoms with Crippen molar-refractivity contribution in [2.24, 2.45) is 0 Å². The van der Waals surface area contributed by atoms with Crippen LogP contribution in [0.3, 0.4) is 0 Å². The van der Waals surface area contributed by atoms with Crippen LogP contribution >= 0.6 is 31.9 Å². The number of carbonyl (C=O) groups excluding carboxylic acids is 1. The smallest absolute Gasteiger partial charge is 0.364 e. The summed E-state index contributed by atoms with van der Waals surface area (Å²) in [6.45, 7) is 3.94. The van der Waals surface area contributed by atoms with Gasteiger partial charge in [0, 0.05) is 21.6 Å². The number of hydrogen-bond donors (Lipinski definition) is 0. The Bertz CT molecular complexity index is 751. The minimum Gasteiger partial charge on any atom is -0.472 e. The first-order chi connectivity index (χ1) is 11.5. The van der Waals surface area contributed by atoms with Gasteiger partial charge in [-0.15, -0.1) is 5.10 Å². The Hall–Kier alpha value is -1.36. The van der Waals surface area contributed by atoms with Crippen LogP contribution < -0.4 is 4.74 Å². The van der Waals surface area contributed by atoms with Crippen molar-refractivity contribution >= 4 is 37.9 Å². The number of benzene rings is 1. The average molecular weight is 388 g/mol. The van der Waals surface area contributed by atoms with E-state index >= 15 is 0 Å². The highest BCUT2D eigenvalue weighted by molar-refractivity contribution is 7.35. The maximum absolute atomic E-state index is 12.0. The third-order valence-corrected chi connectivity index (χ3v) is 5.16. The number of halogens is 2. The number of esters is 1. The van der Waals surface area contributed by atoms with Crippen LogP contribution in [0.25, 0.3) is 0 Å². The van der Waals surface area contributed by atoms with Crippen molar-refractivity contribution in [1.82, 2.24) is 14.8 Å². The molecular formula is C15H16Cl2N3O3P. The fourth-order valence-corrected chi connectivity index (χ4v) is 3.53. The third kappa shape index (κ3) is 3.37. The molecule has 3 rings (SSSR count). The van der Waals surface area contributed by atoms with Crippen LogP contribution in [0, 0.1) is 0 Å². The summed E-state index contributed by atoms with van der Waals surface area (Å²) in [6, 6.07) is 3.73. The molecule has 1 heterocycles. The second-order valence-corrected chi connectivity index (χ2v) is 6.97. The third-order valence-electron chi connectivity index (χ3n) is 3.73. The van der Waals surface area contributed by atoms with E-state index in [4.69, 9.17) is 32.7 Å². The number of carbonyl (C=O) groups is 1. The topological polar surface area (TPSA) is 66.2 Å². The van der Waals surface area contributed by atoms with E-state index < -0.39 is 5.97 Å². The number of nitrogens with zero attached hydrogens (tertiary/aromatic N) is 3. The van der Waals surface area contributed by atoms with Gasteiger partial charge in [0.05, 0.1) is 16.7 Å². The zero-order valence-electron chi connectivity index (χ0n) is 13.2. The van der Waals surface area contributed by atoms with Crippen molar-refractivity contribution in [3.8, 4) is 5.88 Å². The van der Waals surface area contributed by atoms with Crippen LogP contribution in [0.5, 0.6) is 5.88 Å². The van der Waals surface area contributed by atoms with E-state index in [1.54, 1.807) is 11.4 Å². The molecule has 0 aliphatic heterocycles. The summed E-state index contributed by atoms with van der Waals surface area (Å²) in [6.07, 6.45) is 1.25. The van der Waals surface area contributed by atoms with E-state index in [2.05, 4.69) is 10.3 Å². The Labute approximate surface area is 151 Å². The Morgan fingerprint density at radius 2 is 1.96 bits per heavy atom. The molecule has 0 fully saturated rings. The molecule has 24 heavy (non-hydrogen) atoms. The van der Waals surface area contributed by atoms with Gasteiger partial charge in [-0.1, -0.05) is 28.4 Å². The lowest BCUT2D eigenvalue weighted by atomic mass is 10.1. The Balaban J connectivity index is 1.82. The normalized spacial score (nSPS) is 14.3. The lowest BCUT2D eigenvalue weighted by Crippen LogP contribution is -2.19. The fourth-order valence-electron chi connectivity index (χ4n) is 2.67.